The molecule has 10 heteroatoms. The van der Waals surface area contributed by atoms with E-state index in [1.807, 2.05) is 0 Å². The molecule has 0 aromatic carbocycles. The molecule has 0 aliphatic carbocycles. The second-order valence-electron chi connectivity index (χ2n) is 3.13. The van der Waals surface area contributed by atoms with Gasteiger partial charge < -0.3 is 19.8 Å². The van der Waals surface area contributed by atoms with Gasteiger partial charge in [-0.2, -0.15) is 0 Å². The van der Waals surface area contributed by atoms with Gasteiger partial charge in [0.25, 0.3) is 0 Å². The van der Waals surface area contributed by atoms with E-state index in [2.05, 4.69) is 10.3 Å². The van der Waals surface area contributed by atoms with E-state index in [0.717, 1.165) is 11.3 Å². The number of nitrogens with zero attached hydrogens (tertiary/aromatic N) is 1. The van der Waals surface area contributed by atoms with E-state index < -0.39 is 25.6 Å². The van der Waals surface area contributed by atoms with Gasteiger partial charge in [0, 0.05) is 5.38 Å². The number of anilines is 1. The lowest BCUT2D eigenvalue weighted by Gasteiger charge is -2.02. The number of esters is 1. The lowest BCUT2D eigenvalue weighted by Crippen LogP contribution is -2.16. The van der Waals surface area contributed by atoms with Crippen molar-refractivity contribution in [3.8, 4) is 0 Å². The maximum absolute atomic E-state index is 11.3. The van der Waals surface area contributed by atoms with Gasteiger partial charge in [0.05, 0.1) is 6.61 Å². The van der Waals surface area contributed by atoms with Crippen molar-refractivity contribution in [2.24, 2.45) is 0 Å². The molecule has 1 amide bonds. The van der Waals surface area contributed by atoms with E-state index in [4.69, 9.17) is 14.5 Å². The summed E-state index contributed by atoms with van der Waals surface area (Å²) in [6.07, 6.45) is -0.929. The quantitative estimate of drug-likeness (QED) is 0.531. The first-order valence-corrected chi connectivity index (χ1v) is 7.46. The molecule has 0 fully saturated rings. The fraction of sp³-hybridized carbons (Fsp3) is 0.375. The van der Waals surface area contributed by atoms with Gasteiger partial charge in [0.15, 0.2) is 10.8 Å². The van der Waals surface area contributed by atoms with Gasteiger partial charge >= 0.3 is 13.6 Å². The molecule has 8 nitrogen and oxygen atoms in total. The number of thiazole rings is 1. The van der Waals surface area contributed by atoms with E-state index in [-0.39, 0.29) is 17.4 Å². The summed E-state index contributed by atoms with van der Waals surface area (Å²) in [6.45, 7) is 1.85. The van der Waals surface area contributed by atoms with Crippen LogP contribution in [0.15, 0.2) is 5.38 Å². The van der Waals surface area contributed by atoms with Crippen molar-refractivity contribution >= 4 is 35.9 Å². The third kappa shape index (κ3) is 4.92. The van der Waals surface area contributed by atoms with Crippen LogP contribution in [0, 0.1) is 0 Å². The molecule has 0 bridgehead atoms. The van der Waals surface area contributed by atoms with Crippen molar-refractivity contribution in [2.45, 2.75) is 6.92 Å². The van der Waals surface area contributed by atoms with Crippen LogP contribution >= 0.6 is 18.9 Å². The predicted molar refractivity (Wildman–Crippen MR) is 63.6 cm³/mol. The largest absolute Gasteiger partial charge is 0.461 e. The molecule has 1 rings (SSSR count). The lowest BCUT2D eigenvalue weighted by atomic mass is 10.5. The number of rotatable bonds is 5. The normalized spacial score (nSPS) is 11.1. The van der Waals surface area contributed by atoms with Gasteiger partial charge in [-0.15, -0.1) is 11.3 Å². The Kier molecular flexibility index (Phi) is 4.97. The summed E-state index contributed by atoms with van der Waals surface area (Å²) in [5.74, 6) is -1.49. The summed E-state index contributed by atoms with van der Waals surface area (Å²) in [5.41, 5.74) is 0.0355. The van der Waals surface area contributed by atoms with Crippen LogP contribution in [0.2, 0.25) is 0 Å². The maximum Gasteiger partial charge on any atom is 0.357 e. The molecule has 0 saturated carbocycles. The van der Waals surface area contributed by atoms with E-state index in [9.17, 15) is 14.2 Å². The van der Waals surface area contributed by atoms with Crippen molar-refractivity contribution in [3.05, 3.63) is 11.1 Å². The van der Waals surface area contributed by atoms with Gasteiger partial charge in [0.2, 0.25) is 5.91 Å². The van der Waals surface area contributed by atoms with E-state index in [0.29, 0.717) is 0 Å². The summed E-state index contributed by atoms with van der Waals surface area (Å²) in [5, 5.41) is 3.64. The Bertz CT molecular complexity index is 496. The van der Waals surface area contributed by atoms with Gasteiger partial charge in [-0.1, -0.05) is 0 Å². The molecule has 0 aliphatic rings. The highest BCUT2D eigenvalue weighted by Gasteiger charge is 2.20. The molecule has 0 aliphatic heterocycles. The van der Waals surface area contributed by atoms with Crippen LogP contribution in [-0.2, 0) is 14.1 Å². The molecule has 0 atom stereocenters. The molecule has 0 unspecified atom stereocenters. The first kappa shape index (κ1) is 14.8. The summed E-state index contributed by atoms with van der Waals surface area (Å²) in [6, 6.07) is 0. The Labute approximate surface area is 106 Å². The molecule has 0 spiro atoms. The van der Waals surface area contributed by atoms with E-state index in [1.165, 1.54) is 5.38 Å². The molecule has 0 radical (unpaired) electrons. The highest BCUT2D eigenvalue weighted by atomic mass is 32.1. The zero-order chi connectivity index (χ0) is 13.8. The number of aromatic nitrogens is 1. The first-order valence-electron chi connectivity index (χ1n) is 4.79. The van der Waals surface area contributed by atoms with Crippen LogP contribution < -0.4 is 5.32 Å². The van der Waals surface area contributed by atoms with Crippen LogP contribution in [0.5, 0.6) is 0 Å². The van der Waals surface area contributed by atoms with Crippen LogP contribution in [0.25, 0.3) is 0 Å². The van der Waals surface area contributed by atoms with Crippen molar-refractivity contribution in [2.75, 3.05) is 18.1 Å². The fourth-order valence-corrected chi connectivity index (χ4v) is 2.13. The summed E-state index contributed by atoms with van der Waals surface area (Å²) in [4.78, 5) is 43.4. The van der Waals surface area contributed by atoms with Crippen LogP contribution in [0.1, 0.15) is 17.4 Å². The molecule has 3 N–H and O–H groups in total. The van der Waals surface area contributed by atoms with E-state index >= 15 is 0 Å². The van der Waals surface area contributed by atoms with Gasteiger partial charge in [-0.05, 0) is 6.92 Å². The minimum absolute atomic E-state index is 0.0355. The van der Waals surface area contributed by atoms with Crippen molar-refractivity contribution in [1.82, 2.24) is 4.98 Å². The number of ether oxygens (including phenoxy) is 1. The van der Waals surface area contributed by atoms with Gasteiger partial charge in [-0.25, -0.2) is 9.78 Å². The van der Waals surface area contributed by atoms with E-state index in [1.54, 1.807) is 6.92 Å². The van der Waals surface area contributed by atoms with Crippen LogP contribution in [0.4, 0.5) is 5.13 Å². The molecule has 0 saturated heterocycles. The smallest absolute Gasteiger partial charge is 0.357 e. The average Bonchev–Trinajstić information content (AvgIpc) is 2.63. The SMILES string of the molecule is CCOC(=O)c1csc(NC(=O)CP(=O)(O)O)n1. The molecule has 18 heavy (non-hydrogen) atoms. The molecule has 100 valence electrons. The summed E-state index contributed by atoms with van der Waals surface area (Å²) in [7, 11) is -4.41. The second-order valence-corrected chi connectivity index (χ2v) is 5.63. The fourth-order valence-electron chi connectivity index (χ4n) is 0.976. The van der Waals surface area contributed by atoms with Gasteiger partial charge in [-0.3, -0.25) is 9.36 Å². The van der Waals surface area contributed by atoms with Crippen LogP contribution in [-0.4, -0.2) is 39.4 Å². The minimum Gasteiger partial charge on any atom is -0.461 e. The Hall–Kier alpha value is -1.28. The van der Waals surface area contributed by atoms with Crippen molar-refractivity contribution < 1.29 is 28.7 Å². The third-order valence-corrected chi connectivity index (χ3v) is 3.04. The number of carbonyl (C=O) groups excluding carboxylic acids is 2. The molecule has 1 heterocycles. The maximum atomic E-state index is 11.3. The zero-order valence-corrected chi connectivity index (χ0v) is 11.0. The van der Waals surface area contributed by atoms with Gasteiger partial charge in [0.1, 0.15) is 6.16 Å². The second kappa shape index (κ2) is 6.05. The monoisotopic (exact) mass is 294 g/mol. The minimum atomic E-state index is -4.41. The standard InChI is InChI=1S/C8H11N2O6PS/c1-2-16-7(12)5-4-18-8(9-5)10-6(11)3-17(13,14)15/h4H,2-3H2,1H3,(H,9,10,11)(H2,13,14,15). The Balaban J connectivity index is 2.62. The highest BCUT2D eigenvalue weighted by Crippen LogP contribution is 2.33. The Morgan fingerprint density at radius 3 is 2.78 bits per heavy atom. The third-order valence-electron chi connectivity index (χ3n) is 1.58. The Morgan fingerprint density at radius 2 is 2.22 bits per heavy atom. The predicted octanol–water partition coefficient (Wildman–Crippen LogP) is 0.436. The zero-order valence-electron chi connectivity index (χ0n) is 9.32. The number of carbonyl (C=O) groups is 2. The molecule has 1 aromatic heterocycles. The number of hydrogen-bond donors (Lipinski definition) is 3. The number of hydrogen-bond acceptors (Lipinski definition) is 6. The lowest BCUT2D eigenvalue weighted by molar-refractivity contribution is -0.114. The van der Waals surface area contributed by atoms with Crippen LogP contribution in [0.3, 0.4) is 0 Å². The first-order chi connectivity index (χ1) is 8.31. The highest BCUT2D eigenvalue weighted by molar-refractivity contribution is 7.52. The average molecular weight is 294 g/mol. The molecular formula is C8H11N2O6PS. The van der Waals surface area contributed by atoms with Crippen molar-refractivity contribution in [1.29, 1.82) is 0 Å². The topological polar surface area (TPSA) is 126 Å². The number of nitrogens with one attached hydrogen (secondary N) is 1. The molecule has 1 aromatic rings. The summed E-state index contributed by atoms with van der Waals surface area (Å²) >= 11 is 0.961. The molecular weight excluding hydrogens is 283 g/mol. The Morgan fingerprint density at radius 1 is 1.56 bits per heavy atom. The van der Waals surface area contributed by atoms with Crippen molar-refractivity contribution in [3.63, 3.8) is 0 Å². The summed E-state index contributed by atoms with van der Waals surface area (Å²) < 4.78 is 15.3. The number of amides is 1.